The van der Waals surface area contributed by atoms with Gasteiger partial charge in [0.15, 0.2) is 9.84 Å². The highest BCUT2D eigenvalue weighted by atomic mass is 32.2. The molecule has 0 aromatic carbocycles. The first-order valence-electron chi connectivity index (χ1n) is 11.7. The fourth-order valence-electron chi connectivity index (χ4n) is 5.53. The predicted molar refractivity (Wildman–Crippen MR) is 127 cm³/mol. The molecule has 0 saturated carbocycles. The van der Waals surface area contributed by atoms with Crippen LogP contribution >= 0.6 is 0 Å². The summed E-state index contributed by atoms with van der Waals surface area (Å²) in [6, 6.07) is 4.80. The average molecular weight is 478 g/mol. The molecule has 5 atom stereocenters. The summed E-state index contributed by atoms with van der Waals surface area (Å²) < 4.78 is 37.3. The number of aromatic nitrogens is 2. The Hall–Kier alpha value is -2.08. The molecule has 0 amide bonds. The van der Waals surface area contributed by atoms with Crippen molar-refractivity contribution in [2.75, 3.05) is 30.1 Å². The van der Waals surface area contributed by atoms with Crippen molar-refractivity contribution in [1.29, 1.82) is 0 Å². The normalized spacial score (nSPS) is 30.1. The van der Waals surface area contributed by atoms with Crippen LogP contribution in [0.5, 0.6) is 0 Å². The summed E-state index contributed by atoms with van der Waals surface area (Å²) in [5, 5.41) is 7.69. The van der Waals surface area contributed by atoms with Crippen LogP contribution in [0.4, 0.5) is 16.0 Å². The number of pyridine rings is 2. The first-order chi connectivity index (χ1) is 15.8. The zero-order valence-corrected chi connectivity index (χ0v) is 19.8. The van der Waals surface area contributed by atoms with Gasteiger partial charge in [-0.15, -0.1) is 0 Å². The fraction of sp³-hybridized carbons (Fsp3) is 0.636. The Bertz CT molecular complexity index is 1120. The minimum absolute atomic E-state index is 0.0351. The Labute approximate surface area is 193 Å². The molecule has 3 saturated heterocycles. The van der Waals surface area contributed by atoms with Crippen molar-refractivity contribution in [2.45, 2.75) is 74.3 Å². The van der Waals surface area contributed by atoms with E-state index in [2.05, 4.69) is 38.3 Å². The lowest BCUT2D eigenvalue weighted by Crippen LogP contribution is -2.47. The molecule has 5 heterocycles. The number of nitrogens with one attached hydrogen (secondary N) is 4. The van der Waals surface area contributed by atoms with Crippen molar-refractivity contribution >= 4 is 32.4 Å². The number of fused-ring (bicyclic) bond motifs is 3. The molecule has 11 heteroatoms. The summed E-state index contributed by atoms with van der Waals surface area (Å²) in [5.74, 6) is 1.31. The molecule has 9 nitrogen and oxygen atoms in total. The first-order valence-corrected chi connectivity index (χ1v) is 13.6. The number of hydrazine groups is 1. The number of anilines is 2. The van der Waals surface area contributed by atoms with E-state index in [0.29, 0.717) is 47.2 Å². The maximum absolute atomic E-state index is 13.0. The third-order valence-electron chi connectivity index (χ3n) is 7.07. The number of sulfone groups is 1. The number of hydrogen-bond acceptors (Lipinski definition) is 9. The van der Waals surface area contributed by atoms with Gasteiger partial charge >= 0.3 is 0 Å². The van der Waals surface area contributed by atoms with Crippen LogP contribution < -0.4 is 21.5 Å². The average Bonchev–Trinajstić information content (AvgIpc) is 3.26. The minimum Gasteiger partial charge on any atom is -0.367 e. The molecule has 2 bridgehead atoms. The molecule has 2 aromatic rings. The van der Waals surface area contributed by atoms with Gasteiger partial charge in [-0.1, -0.05) is 0 Å². The molecular formula is C22H32FN7O2S. The highest BCUT2D eigenvalue weighted by Crippen LogP contribution is 2.37. The maximum atomic E-state index is 13.0. The Kier molecular flexibility index (Phi) is 6.15. The number of nitrogens with zero attached hydrogens (tertiary/aromatic N) is 3. The van der Waals surface area contributed by atoms with E-state index in [-0.39, 0.29) is 23.8 Å². The molecule has 33 heavy (non-hydrogen) atoms. The highest BCUT2D eigenvalue weighted by molar-refractivity contribution is 7.90. The van der Waals surface area contributed by atoms with Gasteiger partial charge in [0.1, 0.15) is 18.3 Å². The number of halogens is 1. The highest BCUT2D eigenvalue weighted by Gasteiger charge is 2.40. The van der Waals surface area contributed by atoms with Gasteiger partial charge in [0.25, 0.3) is 0 Å². The Morgan fingerprint density at radius 2 is 1.91 bits per heavy atom. The second kappa shape index (κ2) is 8.94. The lowest BCUT2D eigenvalue weighted by Gasteiger charge is -2.39. The summed E-state index contributed by atoms with van der Waals surface area (Å²) in [6.45, 7) is 2.30. The second-order valence-corrected chi connectivity index (χ2v) is 11.6. The van der Waals surface area contributed by atoms with Crippen LogP contribution in [0.1, 0.15) is 39.0 Å². The van der Waals surface area contributed by atoms with Gasteiger partial charge in [-0.2, -0.15) is 0 Å². The topological polar surface area (TPSA) is 111 Å². The minimum atomic E-state index is -3.39. The fourth-order valence-corrected chi connectivity index (χ4v) is 6.10. The van der Waals surface area contributed by atoms with Crippen LogP contribution in [0, 0.1) is 0 Å². The van der Waals surface area contributed by atoms with Crippen LogP contribution in [-0.2, 0) is 9.84 Å². The Morgan fingerprint density at radius 1 is 1.15 bits per heavy atom. The van der Waals surface area contributed by atoms with Crippen molar-refractivity contribution in [3.8, 4) is 0 Å². The van der Waals surface area contributed by atoms with Gasteiger partial charge in [0.2, 0.25) is 0 Å². The first kappa shape index (κ1) is 22.7. The van der Waals surface area contributed by atoms with Crippen molar-refractivity contribution in [3.05, 3.63) is 18.3 Å². The second-order valence-electron chi connectivity index (χ2n) is 9.61. The standard InChI is InChI=1S/C22H32FN7O2S/c1-13-7-21(29-28-13)26-20-11-19-18(10-17(12-24-19)33(2,31)32)22(27-20)25-14-8-15-3-4-16(9-14)30(15)6-5-23/h10-16,21,28-29H,3-9H2,1-2H3,(H2,25,26,27)/t13?,14?,15-,16+,21?. The predicted octanol–water partition coefficient (Wildman–Crippen LogP) is 2.03. The maximum Gasteiger partial charge on any atom is 0.177 e. The zero-order valence-electron chi connectivity index (χ0n) is 19.0. The molecular weight excluding hydrogens is 445 g/mol. The van der Waals surface area contributed by atoms with Gasteiger partial charge in [-0.05, 0) is 45.1 Å². The smallest absolute Gasteiger partial charge is 0.177 e. The third kappa shape index (κ3) is 4.77. The van der Waals surface area contributed by atoms with Crippen LogP contribution in [-0.4, -0.2) is 73.1 Å². The van der Waals surface area contributed by atoms with Gasteiger partial charge in [-0.3, -0.25) is 15.3 Å². The van der Waals surface area contributed by atoms with E-state index in [1.165, 1.54) is 12.5 Å². The Morgan fingerprint density at radius 3 is 2.55 bits per heavy atom. The number of alkyl halides is 1. The Balaban J connectivity index is 1.45. The molecule has 180 valence electrons. The third-order valence-corrected chi connectivity index (χ3v) is 8.15. The summed E-state index contributed by atoms with van der Waals surface area (Å²) in [5.41, 5.74) is 7.08. The summed E-state index contributed by atoms with van der Waals surface area (Å²) >= 11 is 0. The SMILES string of the molecule is CC1CC(Nc2cc3ncc(S(C)(=O)=O)cc3c(NC3C[C@H]4CC[C@@H](C3)N4CCF)n2)NN1. The van der Waals surface area contributed by atoms with E-state index >= 15 is 0 Å². The van der Waals surface area contributed by atoms with Crippen LogP contribution in [0.25, 0.3) is 10.9 Å². The number of piperidine rings is 1. The van der Waals surface area contributed by atoms with E-state index in [1.54, 1.807) is 6.07 Å². The van der Waals surface area contributed by atoms with Crippen LogP contribution in [0.3, 0.4) is 0 Å². The zero-order chi connectivity index (χ0) is 23.2. The molecule has 3 fully saturated rings. The molecule has 3 unspecified atom stereocenters. The molecule has 5 rings (SSSR count). The lowest BCUT2D eigenvalue weighted by molar-refractivity contribution is 0.123. The van der Waals surface area contributed by atoms with E-state index < -0.39 is 9.84 Å². The molecule has 2 aromatic heterocycles. The summed E-state index contributed by atoms with van der Waals surface area (Å²) in [6.07, 6.45) is 7.55. The van der Waals surface area contributed by atoms with Crippen LogP contribution in [0.15, 0.2) is 23.2 Å². The van der Waals surface area contributed by atoms with Crippen molar-refractivity contribution in [3.63, 3.8) is 0 Å². The summed E-state index contributed by atoms with van der Waals surface area (Å²) in [7, 11) is -3.39. The van der Waals surface area contributed by atoms with E-state index in [1.807, 2.05) is 6.07 Å². The molecule has 3 aliphatic rings. The van der Waals surface area contributed by atoms with Gasteiger partial charge in [-0.25, -0.2) is 23.2 Å². The number of hydrogen-bond donors (Lipinski definition) is 4. The quantitative estimate of drug-likeness (QED) is 0.476. The molecule has 4 N–H and O–H groups in total. The van der Waals surface area contributed by atoms with Gasteiger partial charge in [0, 0.05) is 54.6 Å². The van der Waals surface area contributed by atoms with Crippen LogP contribution in [0.2, 0.25) is 0 Å². The van der Waals surface area contributed by atoms with Crippen molar-refractivity contribution in [2.24, 2.45) is 0 Å². The van der Waals surface area contributed by atoms with E-state index in [0.717, 1.165) is 32.1 Å². The monoisotopic (exact) mass is 477 g/mol. The van der Waals surface area contributed by atoms with Gasteiger partial charge in [0.05, 0.1) is 16.6 Å². The van der Waals surface area contributed by atoms with E-state index in [9.17, 15) is 12.8 Å². The largest absolute Gasteiger partial charge is 0.367 e. The number of rotatable bonds is 7. The van der Waals surface area contributed by atoms with Gasteiger partial charge < -0.3 is 10.6 Å². The summed E-state index contributed by atoms with van der Waals surface area (Å²) in [4.78, 5) is 11.8. The molecule has 0 aliphatic carbocycles. The van der Waals surface area contributed by atoms with Crippen molar-refractivity contribution in [1.82, 2.24) is 25.7 Å². The molecule has 0 spiro atoms. The lowest BCUT2D eigenvalue weighted by atomic mass is 9.97. The molecule has 0 radical (unpaired) electrons. The van der Waals surface area contributed by atoms with Crippen molar-refractivity contribution < 1.29 is 12.8 Å². The van der Waals surface area contributed by atoms with E-state index in [4.69, 9.17) is 4.98 Å². The molecule has 3 aliphatic heterocycles.